The molecule has 19 heavy (non-hydrogen) atoms. The van der Waals surface area contributed by atoms with Gasteiger partial charge in [0.05, 0.1) is 5.69 Å². The molecule has 0 spiro atoms. The molecule has 0 aliphatic rings. The predicted octanol–water partition coefficient (Wildman–Crippen LogP) is 2.51. The van der Waals surface area contributed by atoms with E-state index in [1.54, 1.807) is 6.20 Å². The Balaban J connectivity index is 1.80. The molecule has 1 N–H and O–H groups in total. The molecular weight excluding hydrogens is 248 g/mol. The summed E-state index contributed by atoms with van der Waals surface area (Å²) in [4.78, 5) is 0. The first-order valence-corrected chi connectivity index (χ1v) is 6.35. The zero-order chi connectivity index (χ0) is 13.7. The zero-order valence-electron chi connectivity index (χ0n) is 10.9. The summed E-state index contributed by atoms with van der Waals surface area (Å²) < 4.78 is 27.9. The molecule has 2 aromatic rings. The Hall–Kier alpha value is -1.75. The number of nitrogens with zero attached hydrogens (tertiary/aromatic N) is 2. The molecule has 0 amide bonds. The molecule has 1 heterocycles. The molecule has 0 radical (unpaired) electrons. The highest BCUT2D eigenvalue weighted by molar-refractivity contribution is 5.18. The maximum atomic E-state index is 13.0. The van der Waals surface area contributed by atoms with Gasteiger partial charge in [-0.15, -0.1) is 0 Å². The van der Waals surface area contributed by atoms with Crippen molar-refractivity contribution in [2.75, 3.05) is 6.54 Å². The second-order valence-corrected chi connectivity index (χ2v) is 4.34. The van der Waals surface area contributed by atoms with E-state index in [-0.39, 0.29) is 0 Å². The van der Waals surface area contributed by atoms with Gasteiger partial charge in [-0.2, -0.15) is 5.10 Å². The number of aryl methyl sites for hydroxylation is 1. The summed E-state index contributed by atoms with van der Waals surface area (Å²) in [5.41, 5.74) is 1.77. The van der Waals surface area contributed by atoms with Gasteiger partial charge in [0, 0.05) is 25.4 Å². The van der Waals surface area contributed by atoms with Crippen LogP contribution in [0.4, 0.5) is 8.78 Å². The molecule has 102 valence electrons. The summed E-state index contributed by atoms with van der Waals surface area (Å²) >= 11 is 0. The van der Waals surface area contributed by atoms with Crippen LogP contribution in [0.5, 0.6) is 0 Å². The fourth-order valence-electron chi connectivity index (χ4n) is 2.00. The van der Waals surface area contributed by atoms with E-state index in [0.717, 1.165) is 18.3 Å². The minimum Gasteiger partial charge on any atom is -0.311 e. The smallest absolute Gasteiger partial charge is 0.126 e. The van der Waals surface area contributed by atoms with E-state index in [1.165, 1.54) is 12.1 Å². The third kappa shape index (κ3) is 3.86. The third-order valence-electron chi connectivity index (χ3n) is 2.92. The predicted molar refractivity (Wildman–Crippen MR) is 69.7 cm³/mol. The molecule has 1 aromatic carbocycles. The third-order valence-corrected chi connectivity index (χ3v) is 2.92. The second kappa shape index (κ2) is 6.43. The number of rotatable bonds is 6. The standard InChI is InChI=1S/C14H17F2N3/c1-2-19-14(4-6-18-19)10-17-5-3-11-7-12(15)9-13(16)8-11/h4,6-9,17H,2-3,5,10H2,1H3. The van der Waals surface area contributed by atoms with Crippen molar-refractivity contribution in [2.24, 2.45) is 0 Å². The fourth-order valence-corrected chi connectivity index (χ4v) is 2.00. The highest BCUT2D eigenvalue weighted by atomic mass is 19.1. The van der Waals surface area contributed by atoms with Gasteiger partial charge in [-0.1, -0.05) is 0 Å². The van der Waals surface area contributed by atoms with Crippen molar-refractivity contribution in [1.82, 2.24) is 15.1 Å². The lowest BCUT2D eigenvalue weighted by atomic mass is 10.1. The fraction of sp³-hybridized carbons (Fsp3) is 0.357. The number of benzene rings is 1. The Labute approximate surface area is 111 Å². The minimum atomic E-state index is -0.529. The summed E-state index contributed by atoms with van der Waals surface area (Å²) in [5.74, 6) is -1.06. The molecule has 2 rings (SSSR count). The Bertz CT molecular complexity index is 517. The molecule has 3 nitrogen and oxygen atoms in total. The number of nitrogens with one attached hydrogen (secondary N) is 1. The summed E-state index contributed by atoms with van der Waals surface area (Å²) in [6.45, 7) is 4.23. The lowest BCUT2D eigenvalue weighted by Gasteiger charge is -2.07. The van der Waals surface area contributed by atoms with Crippen LogP contribution in [-0.4, -0.2) is 16.3 Å². The van der Waals surface area contributed by atoms with E-state index in [4.69, 9.17) is 0 Å². The van der Waals surface area contributed by atoms with Crippen LogP contribution >= 0.6 is 0 Å². The van der Waals surface area contributed by atoms with Gasteiger partial charge in [0.25, 0.3) is 0 Å². The Morgan fingerprint density at radius 2 is 1.95 bits per heavy atom. The first-order chi connectivity index (χ1) is 9.19. The molecule has 0 atom stereocenters. The van der Waals surface area contributed by atoms with Crippen LogP contribution in [0.3, 0.4) is 0 Å². The lowest BCUT2D eigenvalue weighted by Crippen LogP contribution is -2.19. The van der Waals surface area contributed by atoms with Crippen molar-refractivity contribution in [2.45, 2.75) is 26.4 Å². The summed E-state index contributed by atoms with van der Waals surface area (Å²) in [5, 5.41) is 7.42. The first kappa shape index (κ1) is 13.7. The van der Waals surface area contributed by atoms with Gasteiger partial charge < -0.3 is 5.32 Å². The van der Waals surface area contributed by atoms with Crippen molar-refractivity contribution < 1.29 is 8.78 Å². The quantitative estimate of drug-likeness (QED) is 0.813. The van der Waals surface area contributed by atoms with E-state index in [1.807, 2.05) is 17.7 Å². The highest BCUT2D eigenvalue weighted by Gasteiger charge is 2.02. The van der Waals surface area contributed by atoms with Gasteiger partial charge in [0.15, 0.2) is 0 Å². The zero-order valence-corrected chi connectivity index (χ0v) is 10.9. The Morgan fingerprint density at radius 3 is 2.63 bits per heavy atom. The van der Waals surface area contributed by atoms with Gasteiger partial charge in [0.2, 0.25) is 0 Å². The minimum absolute atomic E-state index is 0.529. The van der Waals surface area contributed by atoms with E-state index in [9.17, 15) is 8.78 Å². The largest absolute Gasteiger partial charge is 0.311 e. The lowest BCUT2D eigenvalue weighted by molar-refractivity contribution is 0.571. The molecule has 0 saturated heterocycles. The molecule has 5 heteroatoms. The van der Waals surface area contributed by atoms with Crippen molar-refractivity contribution in [3.8, 4) is 0 Å². The number of aromatic nitrogens is 2. The van der Waals surface area contributed by atoms with Gasteiger partial charge in [0.1, 0.15) is 11.6 Å². The van der Waals surface area contributed by atoms with E-state index in [0.29, 0.717) is 25.1 Å². The normalized spacial score (nSPS) is 10.9. The molecular formula is C14H17F2N3. The van der Waals surface area contributed by atoms with Crippen molar-refractivity contribution in [3.63, 3.8) is 0 Å². The van der Waals surface area contributed by atoms with Crippen molar-refractivity contribution in [1.29, 1.82) is 0 Å². The van der Waals surface area contributed by atoms with Gasteiger partial charge in [-0.25, -0.2) is 8.78 Å². The topological polar surface area (TPSA) is 29.9 Å². The SMILES string of the molecule is CCn1nccc1CNCCc1cc(F)cc(F)c1. The van der Waals surface area contributed by atoms with Crippen molar-refractivity contribution in [3.05, 3.63) is 53.4 Å². The molecule has 0 saturated carbocycles. The van der Waals surface area contributed by atoms with Crippen LogP contribution in [0.2, 0.25) is 0 Å². The Kier molecular flexibility index (Phi) is 4.63. The highest BCUT2D eigenvalue weighted by Crippen LogP contribution is 2.08. The average molecular weight is 265 g/mol. The molecule has 0 bridgehead atoms. The van der Waals surface area contributed by atoms with Crippen LogP contribution in [0.15, 0.2) is 30.5 Å². The average Bonchev–Trinajstić information content (AvgIpc) is 2.81. The first-order valence-electron chi connectivity index (χ1n) is 6.35. The summed E-state index contributed by atoms with van der Waals surface area (Å²) in [6.07, 6.45) is 2.36. The number of halogens is 2. The summed E-state index contributed by atoms with van der Waals surface area (Å²) in [6, 6.07) is 5.57. The van der Waals surface area contributed by atoms with Crippen LogP contribution in [0.1, 0.15) is 18.2 Å². The van der Waals surface area contributed by atoms with Gasteiger partial charge in [-0.05, 0) is 43.7 Å². The maximum absolute atomic E-state index is 13.0. The van der Waals surface area contributed by atoms with Crippen molar-refractivity contribution >= 4 is 0 Å². The van der Waals surface area contributed by atoms with Crippen LogP contribution in [0, 0.1) is 11.6 Å². The monoisotopic (exact) mass is 265 g/mol. The van der Waals surface area contributed by atoms with Crippen LogP contribution in [-0.2, 0) is 19.5 Å². The van der Waals surface area contributed by atoms with E-state index < -0.39 is 11.6 Å². The summed E-state index contributed by atoms with van der Waals surface area (Å²) in [7, 11) is 0. The Morgan fingerprint density at radius 1 is 1.21 bits per heavy atom. The molecule has 1 aromatic heterocycles. The van der Waals surface area contributed by atoms with Crippen LogP contribution in [0.25, 0.3) is 0 Å². The molecule has 0 aliphatic heterocycles. The molecule has 0 fully saturated rings. The number of hydrogen-bond donors (Lipinski definition) is 1. The van der Waals surface area contributed by atoms with Crippen LogP contribution < -0.4 is 5.32 Å². The molecule has 0 aliphatic carbocycles. The van der Waals surface area contributed by atoms with Gasteiger partial charge in [-0.3, -0.25) is 4.68 Å². The van der Waals surface area contributed by atoms with E-state index >= 15 is 0 Å². The number of hydrogen-bond acceptors (Lipinski definition) is 2. The van der Waals surface area contributed by atoms with Gasteiger partial charge >= 0.3 is 0 Å². The van der Waals surface area contributed by atoms with E-state index in [2.05, 4.69) is 10.4 Å². The molecule has 0 unspecified atom stereocenters. The maximum Gasteiger partial charge on any atom is 0.126 e. The second-order valence-electron chi connectivity index (χ2n) is 4.34.